The zero-order chi connectivity index (χ0) is 19.0. The number of hydrogen-bond acceptors (Lipinski definition) is 7. The standard InChI is InChI=1S/C19H15N3O4S/c1-12-5-10-17(16-4-3-11-20-18(12)16)27(23,24)26-15-8-6-14(7-9-15)19-21-13(2)25-22-19/h3-11H,1-2H3. The smallest absolute Gasteiger partial charge is 0.339 e. The molecule has 4 rings (SSSR count). The van der Waals surface area contributed by atoms with Crippen molar-refractivity contribution in [1.82, 2.24) is 15.1 Å². The minimum absolute atomic E-state index is 0.0778. The minimum Gasteiger partial charge on any atom is -0.379 e. The number of pyridine rings is 1. The van der Waals surface area contributed by atoms with Gasteiger partial charge in [0.2, 0.25) is 11.7 Å². The van der Waals surface area contributed by atoms with Crippen LogP contribution in [-0.2, 0) is 10.1 Å². The molecule has 0 fully saturated rings. The molecular weight excluding hydrogens is 366 g/mol. The van der Waals surface area contributed by atoms with Gasteiger partial charge in [0.05, 0.1) is 5.52 Å². The number of benzene rings is 2. The number of nitrogens with zero attached hydrogens (tertiary/aromatic N) is 3. The number of rotatable bonds is 4. The van der Waals surface area contributed by atoms with Crippen LogP contribution < -0.4 is 4.18 Å². The second-order valence-electron chi connectivity index (χ2n) is 5.98. The van der Waals surface area contributed by atoms with Crippen LogP contribution in [0.3, 0.4) is 0 Å². The van der Waals surface area contributed by atoms with Crippen molar-refractivity contribution in [3.63, 3.8) is 0 Å². The maximum atomic E-state index is 12.8. The van der Waals surface area contributed by atoms with Gasteiger partial charge in [-0.05, 0) is 55.0 Å². The highest BCUT2D eigenvalue weighted by Gasteiger charge is 2.21. The fraction of sp³-hybridized carbons (Fsp3) is 0.105. The van der Waals surface area contributed by atoms with Gasteiger partial charge in [-0.3, -0.25) is 4.98 Å². The van der Waals surface area contributed by atoms with E-state index in [4.69, 9.17) is 8.71 Å². The van der Waals surface area contributed by atoms with Crippen LogP contribution in [0.5, 0.6) is 5.75 Å². The number of aromatic nitrogens is 3. The molecule has 2 aromatic carbocycles. The SMILES string of the molecule is Cc1nc(-c2ccc(OS(=O)(=O)c3ccc(C)c4ncccc34)cc2)no1. The fourth-order valence-electron chi connectivity index (χ4n) is 2.75. The summed E-state index contributed by atoms with van der Waals surface area (Å²) in [4.78, 5) is 8.48. The summed E-state index contributed by atoms with van der Waals surface area (Å²) in [5.74, 6) is 1.07. The van der Waals surface area contributed by atoms with Crippen molar-refractivity contribution in [2.24, 2.45) is 0 Å². The Morgan fingerprint density at radius 1 is 1.00 bits per heavy atom. The van der Waals surface area contributed by atoms with Gasteiger partial charge in [-0.25, -0.2) is 0 Å². The van der Waals surface area contributed by atoms with E-state index in [1.807, 2.05) is 6.92 Å². The third-order valence-corrected chi connectivity index (χ3v) is 5.35. The lowest BCUT2D eigenvalue weighted by Crippen LogP contribution is -2.10. The van der Waals surface area contributed by atoms with Gasteiger partial charge in [-0.2, -0.15) is 13.4 Å². The molecule has 27 heavy (non-hydrogen) atoms. The lowest BCUT2D eigenvalue weighted by atomic mass is 10.1. The van der Waals surface area contributed by atoms with E-state index in [0.29, 0.717) is 28.2 Å². The molecule has 0 aliphatic carbocycles. The van der Waals surface area contributed by atoms with E-state index in [9.17, 15) is 8.42 Å². The molecule has 0 N–H and O–H groups in total. The Hall–Kier alpha value is -3.26. The molecular formula is C19H15N3O4S. The lowest BCUT2D eigenvalue weighted by molar-refractivity contribution is 0.394. The Morgan fingerprint density at radius 2 is 1.78 bits per heavy atom. The summed E-state index contributed by atoms with van der Waals surface area (Å²) in [5.41, 5.74) is 2.22. The average Bonchev–Trinajstić information content (AvgIpc) is 3.09. The molecule has 2 aromatic heterocycles. The first-order chi connectivity index (χ1) is 12.9. The normalized spacial score (nSPS) is 11.6. The molecule has 0 unspecified atom stereocenters. The van der Waals surface area contributed by atoms with Crippen molar-refractivity contribution in [2.45, 2.75) is 18.7 Å². The van der Waals surface area contributed by atoms with Crippen molar-refractivity contribution < 1.29 is 17.1 Å². The van der Waals surface area contributed by atoms with E-state index in [-0.39, 0.29) is 10.6 Å². The van der Waals surface area contributed by atoms with Crippen LogP contribution in [0, 0.1) is 13.8 Å². The van der Waals surface area contributed by atoms with Gasteiger partial charge in [0, 0.05) is 24.1 Å². The molecule has 136 valence electrons. The second-order valence-corrected chi connectivity index (χ2v) is 7.49. The Balaban J connectivity index is 1.67. The predicted octanol–water partition coefficient (Wildman–Crippen LogP) is 3.67. The van der Waals surface area contributed by atoms with Crippen LogP contribution in [0.2, 0.25) is 0 Å². The van der Waals surface area contributed by atoms with Crippen molar-refractivity contribution in [3.05, 3.63) is 66.2 Å². The van der Waals surface area contributed by atoms with Gasteiger partial charge in [-0.15, -0.1) is 0 Å². The van der Waals surface area contributed by atoms with Crippen LogP contribution in [0.1, 0.15) is 11.5 Å². The largest absolute Gasteiger partial charge is 0.379 e. The molecule has 0 radical (unpaired) electrons. The fourth-order valence-corrected chi connectivity index (χ4v) is 3.88. The Labute approximate surface area is 155 Å². The van der Waals surface area contributed by atoms with Gasteiger partial charge in [0.25, 0.3) is 0 Å². The molecule has 4 aromatic rings. The molecule has 0 aliphatic heterocycles. The average molecular weight is 381 g/mol. The summed E-state index contributed by atoms with van der Waals surface area (Å²) in [6.45, 7) is 3.58. The molecule has 8 heteroatoms. The third kappa shape index (κ3) is 3.26. The van der Waals surface area contributed by atoms with Gasteiger partial charge < -0.3 is 8.71 Å². The van der Waals surface area contributed by atoms with Crippen LogP contribution in [-0.4, -0.2) is 23.5 Å². The summed E-state index contributed by atoms with van der Waals surface area (Å²) >= 11 is 0. The Kier molecular flexibility index (Phi) is 4.12. The number of hydrogen-bond donors (Lipinski definition) is 0. The van der Waals surface area contributed by atoms with Crippen molar-refractivity contribution in [2.75, 3.05) is 0 Å². The Morgan fingerprint density at radius 3 is 2.48 bits per heavy atom. The first kappa shape index (κ1) is 17.2. The van der Waals surface area contributed by atoms with E-state index < -0.39 is 10.1 Å². The van der Waals surface area contributed by atoms with Crippen molar-refractivity contribution in [1.29, 1.82) is 0 Å². The summed E-state index contributed by atoms with van der Waals surface area (Å²) in [6, 6.07) is 13.1. The topological polar surface area (TPSA) is 95.2 Å². The first-order valence-corrected chi connectivity index (χ1v) is 9.54. The summed E-state index contributed by atoms with van der Waals surface area (Å²) in [5, 5.41) is 4.35. The number of fused-ring (bicyclic) bond motifs is 1. The quantitative estimate of drug-likeness (QED) is 0.498. The summed E-state index contributed by atoms with van der Waals surface area (Å²) in [6.07, 6.45) is 1.63. The Bertz CT molecular complexity index is 1230. The van der Waals surface area contributed by atoms with Crippen LogP contribution in [0.4, 0.5) is 0 Å². The molecule has 0 spiro atoms. The van der Waals surface area contributed by atoms with E-state index in [1.165, 1.54) is 6.07 Å². The second kappa shape index (κ2) is 6.48. The van der Waals surface area contributed by atoms with Crippen LogP contribution >= 0.6 is 0 Å². The molecule has 0 amide bonds. The molecule has 0 bridgehead atoms. The van der Waals surface area contributed by atoms with Gasteiger partial charge >= 0.3 is 10.1 Å². The van der Waals surface area contributed by atoms with Crippen LogP contribution in [0.15, 0.2) is 64.1 Å². The minimum atomic E-state index is -4.02. The lowest BCUT2D eigenvalue weighted by Gasteiger charge is -2.10. The van der Waals surface area contributed by atoms with Gasteiger partial charge in [0.15, 0.2) is 0 Å². The third-order valence-electron chi connectivity index (χ3n) is 4.05. The number of aryl methyl sites for hydroxylation is 2. The van der Waals surface area contributed by atoms with Crippen molar-refractivity contribution >= 4 is 21.0 Å². The molecule has 7 nitrogen and oxygen atoms in total. The zero-order valence-electron chi connectivity index (χ0n) is 14.6. The monoisotopic (exact) mass is 381 g/mol. The highest BCUT2D eigenvalue weighted by atomic mass is 32.2. The molecule has 0 saturated heterocycles. The molecule has 2 heterocycles. The zero-order valence-corrected chi connectivity index (χ0v) is 15.4. The van der Waals surface area contributed by atoms with E-state index >= 15 is 0 Å². The summed E-state index contributed by atoms with van der Waals surface area (Å²) < 4.78 is 35.8. The highest BCUT2D eigenvalue weighted by molar-refractivity contribution is 7.87. The van der Waals surface area contributed by atoms with E-state index in [1.54, 1.807) is 55.6 Å². The summed E-state index contributed by atoms with van der Waals surface area (Å²) in [7, 11) is -4.02. The maximum Gasteiger partial charge on any atom is 0.339 e. The predicted molar refractivity (Wildman–Crippen MR) is 98.8 cm³/mol. The van der Waals surface area contributed by atoms with E-state index in [2.05, 4.69) is 15.1 Å². The van der Waals surface area contributed by atoms with Crippen LogP contribution in [0.25, 0.3) is 22.3 Å². The van der Waals surface area contributed by atoms with Gasteiger partial charge in [0.1, 0.15) is 10.6 Å². The highest BCUT2D eigenvalue weighted by Crippen LogP contribution is 2.28. The maximum absolute atomic E-state index is 12.8. The van der Waals surface area contributed by atoms with Gasteiger partial charge in [-0.1, -0.05) is 11.2 Å². The van der Waals surface area contributed by atoms with Crippen molar-refractivity contribution in [3.8, 4) is 17.1 Å². The van der Waals surface area contributed by atoms with E-state index in [0.717, 1.165) is 5.56 Å². The molecule has 0 aliphatic rings. The molecule has 0 atom stereocenters. The molecule has 0 saturated carbocycles. The first-order valence-electron chi connectivity index (χ1n) is 8.13.